The summed E-state index contributed by atoms with van der Waals surface area (Å²) in [6.07, 6.45) is -0.242. The zero-order valence-electron chi connectivity index (χ0n) is 17.6. The minimum Gasteiger partial charge on any atom is -0.494 e. The van der Waals surface area contributed by atoms with Crippen LogP contribution in [0.4, 0.5) is 4.79 Å². The number of aliphatic hydroxyl groups is 2. The molecule has 1 fully saturated rings. The number of hydrogen-bond acceptors (Lipinski definition) is 5. The van der Waals surface area contributed by atoms with Crippen molar-refractivity contribution < 1.29 is 29.6 Å². The summed E-state index contributed by atoms with van der Waals surface area (Å²) >= 11 is 0. The van der Waals surface area contributed by atoms with Crippen LogP contribution in [0, 0.1) is 11.8 Å². The summed E-state index contributed by atoms with van der Waals surface area (Å²) in [4.78, 5) is 12.6. The summed E-state index contributed by atoms with van der Waals surface area (Å²) < 4.78 is 11.4. The van der Waals surface area contributed by atoms with E-state index in [1.807, 2.05) is 54.6 Å². The Labute approximate surface area is 182 Å². The zero-order valence-corrected chi connectivity index (χ0v) is 17.6. The van der Waals surface area contributed by atoms with E-state index in [4.69, 9.17) is 9.47 Å². The van der Waals surface area contributed by atoms with Gasteiger partial charge in [0.15, 0.2) is 0 Å². The molecule has 7 nitrogen and oxygen atoms in total. The fraction of sp³-hybridized carbons (Fsp3) is 0.458. The van der Waals surface area contributed by atoms with Crippen LogP contribution in [0.2, 0.25) is 0 Å². The van der Waals surface area contributed by atoms with E-state index in [0.717, 1.165) is 23.3 Å². The number of benzene rings is 2. The van der Waals surface area contributed by atoms with Gasteiger partial charge >= 0.3 is 6.09 Å². The number of rotatable bonds is 10. The molecule has 0 saturated carbocycles. The molecule has 2 aromatic rings. The van der Waals surface area contributed by atoms with Gasteiger partial charge in [-0.15, -0.1) is 0 Å². The first-order valence-electron chi connectivity index (χ1n) is 10.7. The lowest BCUT2D eigenvalue weighted by molar-refractivity contribution is 0.0387. The Kier molecular flexibility index (Phi) is 8.70. The monoisotopic (exact) mass is 429 g/mol. The summed E-state index contributed by atoms with van der Waals surface area (Å²) in [6, 6.07) is 17.7. The van der Waals surface area contributed by atoms with Crippen LogP contribution in [0.15, 0.2) is 54.6 Å². The minimum atomic E-state index is -1.02. The topological polar surface area (TPSA) is 99.5 Å². The van der Waals surface area contributed by atoms with Crippen LogP contribution in [-0.4, -0.2) is 65.8 Å². The van der Waals surface area contributed by atoms with Gasteiger partial charge in [-0.3, -0.25) is 0 Å². The van der Waals surface area contributed by atoms with Crippen molar-refractivity contribution in [2.24, 2.45) is 11.8 Å². The van der Waals surface area contributed by atoms with Crippen molar-refractivity contribution in [3.05, 3.63) is 65.7 Å². The molecule has 3 rings (SSSR count). The molecule has 2 atom stereocenters. The Morgan fingerprint density at radius 2 is 1.58 bits per heavy atom. The van der Waals surface area contributed by atoms with E-state index in [-0.39, 0.29) is 44.1 Å². The molecular formula is C24H31NO6. The van der Waals surface area contributed by atoms with E-state index in [1.54, 1.807) is 0 Å². The van der Waals surface area contributed by atoms with Gasteiger partial charge in [-0.2, -0.15) is 0 Å². The minimum absolute atomic E-state index is 0.106. The molecule has 168 valence electrons. The van der Waals surface area contributed by atoms with Crippen LogP contribution >= 0.6 is 0 Å². The van der Waals surface area contributed by atoms with Gasteiger partial charge < -0.3 is 29.7 Å². The molecule has 0 aromatic heterocycles. The molecule has 0 radical (unpaired) electrons. The SMILES string of the molecule is O=C(O)N1CC(CO)C(c2ccc(OCCCOCc3ccccc3)cc2)C(CO)C1. The van der Waals surface area contributed by atoms with Crippen LogP contribution in [0.3, 0.4) is 0 Å². The van der Waals surface area contributed by atoms with E-state index in [9.17, 15) is 20.1 Å². The summed E-state index contributed by atoms with van der Waals surface area (Å²) in [5.41, 5.74) is 2.12. The standard InChI is InChI=1S/C24H31NO6/c26-15-20-13-25(24(28)29)14-21(16-27)23(20)19-7-9-22(10-8-19)31-12-4-11-30-17-18-5-2-1-3-6-18/h1-3,5-10,20-21,23,26-27H,4,11-17H2,(H,28,29). The number of nitrogens with zero attached hydrogens (tertiary/aromatic N) is 1. The first kappa shape index (κ1) is 23.1. The highest BCUT2D eigenvalue weighted by atomic mass is 16.5. The Morgan fingerprint density at radius 1 is 0.935 bits per heavy atom. The van der Waals surface area contributed by atoms with Crippen molar-refractivity contribution in [1.82, 2.24) is 4.90 Å². The second kappa shape index (κ2) is 11.7. The first-order chi connectivity index (χ1) is 15.1. The molecule has 0 bridgehead atoms. The third-order valence-electron chi connectivity index (χ3n) is 5.74. The zero-order chi connectivity index (χ0) is 22.1. The lowest BCUT2D eigenvalue weighted by Gasteiger charge is -2.42. The first-order valence-corrected chi connectivity index (χ1v) is 10.7. The number of aliphatic hydroxyl groups excluding tert-OH is 2. The fourth-order valence-electron chi connectivity index (χ4n) is 4.20. The normalized spacial score (nSPS) is 21.1. The van der Waals surface area contributed by atoms with Crippen molar-refractivity contribution >= 4 is 6.09 Å². The van der Waals surface area contributed by atoms with Gasteiger partial charge in [0, 0.05) is 44.6 Å². The predicted molar refractivity (Wildman–Crippen MR) is 116 cm³/mol. The molecule has 2 aromatic carbocycles. The van der Waals surface area contributed by atoms with Gasteiger partial charge in [-0.05, 0) is 29.2 Å². The van der Waals surface area contributed by atoms with Crippen LogP contribution in [0.25, 0.3) is 0 Å². The highest BCUT2D eigenvalue weighted by molar-refractivity contribution is 5.65. The molecule has 31 heavy (non-hydrogen) atoms. The average molecular weight is 430 g/mol. The molecule has 1 amide bonds. The number of piperidine rings is 1. The number of hydrogen-bond donors (Lipinski definition) is 3. The molecule has 1 aliphatic heterocycles. The number of amides is 1. The maximum atomic E-state index is 11.3. The summed E-state index contributed by atoms with van der Waals surface area (Å²) in [5.74, 6) is 0.132. The van der Waals surface area contributed by atoms with Crippen LogP contribution in [-0.2, 0) is 11.3 Å². The number of ether oxygens (including phenoxy) is 2. The molecule has 3 N–H and O–H groups in total. The van der Waals surface area contributed by atoms with E-state index < -0.39 is 6.09 Å². The lowest BCUT2D eigenvalue weighted by atomic mass is 9.74. The predicted octanol–water partition coefficient (Wildman–Crippen LogP) is 2.97. The number of carboxylic acid groups (broad SMARTS) is 1. The maximum Gasteiger partial charge on any atom is 0.407 e. The van der Waals surface area contributed by atoms with Gasteiger partial charge in [0.25, 0.3) is 0 Å². The van der Waals surface area contributed by atoms with Gasteiger partial charge in [-0.25, -0.2) is 4.79 Å². The number of carbonyl (C=O) groups is 1. The highest BCUT2D eigenvalue weighted by Gasteiger charge is 2.38. The van der Waals surface area contributed by atoms with Crippen LogP contribution in [0.5, 0.6) is 5.75 Å². The van der Waals surface area contributed by atoms with Gasteiger partial charge in [0.2, 0.25) is 0 Å². The molecule has 0 spiro atoms. The second-order valence-corrected chi connectivity index (χ2v) is 7.91. The third-order valence-corrected chi connectivity index (χ3v) is 5.74. The van der Waals surface area contributed by atoms with Crippen molar-refractivity contribution in [2.45, 2.75) is 18.9 Å². The van der Waals surface area contributed by atoms with Gasteiger partial charge in [0.05, 0.1) is 19.8 Å². The second-order valence-electron chi connectivity index (χ2n) is 7.91. The molecular weight excluding hydrogens is 398 g/mol. The Hall–Kier alpha value is -2.61. The quantitative estimate of drug-likeness (QED) is 0.502. The van der Waals surface area contributed by atoms with Gasteiger partial charge in [0.1, 0.15) is 5.75 Å². The van der Waals surface area contributed by atoms with Crippen LogP contribution in [0.1, 0.15) is 23.5 Å². The largest absolute Gasteiger partial charge is 0.494 e. The van der Waals surface area contributed by atoms with Crippen LogP contribution < -0.4 is 4.74 Å². The summed E-state index contributed by atoms with van der Waals surface area (Å²) in [6.45, 7) is 2.00. The van der Waals surface area contributed by atoms with Crippen molar-refractivity contribution in [1.29, 1.82) is 0 Å². The molecule has 1 saturated heterocycles. The Bertz CT molecular complexity index is 783. The highest BCUT2D eigenvalue weighted by Crippen LogP contribution is 2.37. The lowest BCUT2D eigenvalue weighted by Crippen LogP contribution is -2.49. The Balaban J connectivity index is 1.48. The summed E-state index contributed by atoms with van der Waals surface area (Å²) in [7, 11) is 0. The molecule has 0 aliphatic carbocycles. The molecule has 2 unspecified atom stereocenters. The van der Waals surface area contributed by atoms with E-state index in [2.05, 4.69) is 0 Å². The fourth-order valence-corrected chi connectivity index (χ4v) is 4.20. The molecule has 1 aliphatic rings. The molecule has 1 heterocycles. The third kappa shape index (κ3) is 6.43. The Morgan fingerprint density at radius 3 is 2.16 bits per heavy atom. The van der Waals surface area contributed by atoms with Crippen molar-refractivity contribution in [3.8, 4) is 5.75 Å². The number of likely N-dealkylation sites (tertiary alicyclic amines) is 1. The van der Waals surface area contributed by atoms with Crippen molar-refractivity contribution in [3.63, 3.8) is 0 Å². The summed E-state index contributed by atoms with van der Waals surface area (Å²) in [5, 5.41) is 28.9. The van der Waals surface area contributed by atoms with E-state index in [0.29, 0.717) is 19.8 Å². The smallest absolute Gasteiger partial charge is 0.407 e. The van der Waals surface area contributed by atoms with E-state index >= 15 is 0 Å². The van der Waals surface area contributed by atoms with Crippen molar-refractivity contribution in [2.75, 3.05) is 39.5 Å². The average Bonchev–Trinajstić information content (AvgIpc) is 2.81. The van der Waals surface area contributed by atoms with Gasteiger partial charge in [-0.1, -0.05) is 42.5 Å². The maximum absolute atomic E-state index is 11.3. The van der Waals surface area contributed by atoms with E-state index in [1.165, 1.54) is 4.90 Å². The molecule has 7 heteroatoms.